The van der Waals surface area contributed by atoms with Crippen molar-refractivity contribution in [1.82, 2.24) is 0 Å². The summed E-state index contributed by atoms with van der Waals surface area (Å²) in [6, 6.07) is 29.5. The fourth-order valence-electron chi connectivity index (χ4n) is 9.08. The number of ether oxygens (including phenoxy) is 4. The van der Waals surface area contributed by atoms with Gasteiger partial charge < -0.3 is 23.8 Å². The number of carbonyl (C=O) groups is 3. The standard InChI is InChI=1S/C50H49N5O7/c1-53(18-10-17-48(56)61-4)36-20-31(11-9-14-35-24-41-39(25-45(35)59-2)49(57)54-37(28-51-41)22-33-12-5-7-15-43(33)54)19-32(21-36)30-62-47-27-42-40(26-46(47)60-3)50(58)55-38(29-52-42)23-34-13-6-8-16-44(34)55/h5-8,12-13,15-16,19-21,24-29,37-38H,9-11,14,17-18,22-23,30H2,1-4H3/t37-,38-/m0/s1. The molecule has 9 rings (SSSR count). The quantitative estimate of drug-likeness (QED) is 0.102. The molecule has 0 saturated heterocycles. The van der Waals surface area contributed by atoms with Gasteiger partial charge in [0.2, 0.25) is 0 Å². The summed E-state index contributed by atoms with van der Waals surface area (Å²) in [5, 5.41) is 0. The Morgan fingerprint density at radius 2 is 1.29 bits per heavy atom. The highest BCUT2D eigenvalue weighted by Gasteiger charge is 2.38. The number of amides is 2. The van der Waals surface area contributed by atoms with Crippen LogP contribution in [0, 0.1) is 0 Å². The molecule has 2 atom stereocenters. The third kappa shape index (κ3) is 7.76. The molecule has 12 heteroatoms. The minimum Gasteiger partial charge on any atom is -0.496 e. The van der Waals surface area contributed by atoms with Gasteiger partial charge in [-0.3, -0.25) is 34.2 Å². The minimum atomic E-state index is -0.235. The van der Waals surface area contributed by atoms with E-state index in [1.54, 1.807) is 26.4 Å². The maximum atomic E-state index is 14.0. The molecule has 4 aliphatic heterocycles. The van der Waals surface area contributed by atoms with Gasteiger partial charge in [-0.1, -0.05) is 42.5 Å². The van der Waals surface area contributed by atoms with Crippen LogP contribution in [0.25, 0.3) is 0 Å². The lowest BCUT2D eigenvalue weighted by Gasteiger charge is -2.22. The third-order valence-electron chi connectivity index (χ3n) is 12.3. The minimum absolute atomic E-state index is 0.0734. The van der Waals surface area contributed by atoms with Crippen LogP contribution in [0.2, 0.25) is 0 Å². The normalized spacial score (nSPS) is 16.6. The molecule has 4 heterocycles. The van der Waals surface area contributed by atoms with Crippen LogP contribution in [0.3, 0.4) is 0 Å². The van der Waals surface area contributed by atoms with E-state index >= 15 is 0 Å². The lowest BCUT2D eigenvalue weighted by atomic mass is 9.99. The Labute approximate surface area is 361 Å². The summed E-state index contributed by atoms with van der Waals surface area (Å²) in [7, 11) is 6.63. The first-order chi connectivity index (χ1) is 30.2. The Hall–Kier alpha value is -6.95. The van der Waals surface area contributed by atoms with Gasteiger partial charge in [-0.2, -0.15) is 0 Å². The summed E-state index contributed by atoms with van der Waals surface area (Å²) in [6.45, 7) is 0.889. The number of aliphatic imine (C=N–C) groups is 2. The zero-order valence-electron chi connectivity index (χ0n) is 35.4. The zero-order valence-corrected chi connectivity index (χ0v) is 35.4. The highest BCUT2D eigenvalue weighted by molar-refractivity contribution is 6.15. The van der Waals surface area contributed by atoms with Crippen molar-refractivity contribution in [1.29, 1.82) is 0 Å². The van der Waals surface area contributed by atoms with E-state index in [2.05, 4.69) is 35.2 Å². The van der Waals surface area contributed by atoms with Crippen LogP contribution in [0.15, 0.2) is 101 Å². The largest absolute Gasteiger partial charge is 0.496 e. The van der Waals surface area contributed by atoms with Crippen molar-refractivity contribution < 1.29 is 33.3 Å². The van der Waals surface area contributed by atoms with Crippen molar-refractivity contribution in [3.63, 3.8) is 0 Å². The summed E-state index contributed by atoms with van der Waals surface area (Å²) in [4.78, 5) is 55.2. The molecular weight excluding hydrogens is 783 g/mol. The van der Waals surface area contributed by atoms with Gasteiger partial charge in [0.1, 0.15) is 12.4 Å². The van der Waals surface area contributed by atoms with Gasteiger partial charge in [0.05, 0.1) is 55.9 Å². The van der Waals surface area contributed by atoms with E-state index in [-0.39, 0.29) is 36.5 Å². The maximum Gasteiger partial charge on any atom is 0.305 e. The monoisotopic (exact) mass is 831 g/mol. The molecule has 12 nitrogen and oxygen atoms in total. The number of fused-ring (bicyclic) bond motifs is 8. The average Bonchev–Trinajstić information content (AvgIpc) is 3.79. The fourth-order valence-corrected chi connectivity index (χ4v) is 9.08. The van der Waals surface area contributed by atoms with Crippen LogP contribution >= 0.6 is 0 Å². The van der Waals surface area contributed by atoms with Crippen LogP contribution in [0.5, 0.6) is 17.2 Å². The highest BCUT2D eigenvalue weighted by atomic mass is 16.5. The molecule has 0 unspecified atom stereocenters. The van der Waals surface area contributed by atoms with Crippen molar-refractivity contribution in [2.75, 3.05) is 49.6 Å². The Morgan fingerprint density at radius 1 is 0.694 bits per heavy atom. The van der Waals surface area contributed by atoms with Gasteiger partial charge in [0.25, 0.3) is 11.8 Å². The lowest BCUT2D eigenvalue weighted by Crippen LogP contribution is -2.37. The van der Waals surface area contributed by atoms with E-state index < -0.39 is 0 Å². The van der Waals surface area contributed by atoms with E-state index in [9.17, 15) is 14.4 Å². The van der Waals surface area contributed by atoms with E-state index in [1.807, 2.05) is 77.8 Å². The predicted octanol–water partition coefficient (Wildman–Crippen LogP) is 8.42. The Morgan fingerprint density at radius 3 is 1.92 bits per heavy atom. The molecule has 2 amide bonds. The second-order valence-corrected chi connectivity index (χ2v) is 16.2. The van der Waals surface area contributed by atoms with E-state index in [4.69, 9.17) is 28.9 Å². The molecule has 0 N–H and O–H groups in total. The zero-order chi connectivity index (χ0) is 42.9. The van der Waals surface area contributed by atoms with Gasteiger partial charge in [-0.15, -0.1) is 0 Å². The number of aryl methyl sites for hydroxylation is 2. The van der Waals surface area contributed by atoms with Crippen LogP contribution in [-0.2, 0) is 41.8 Å². The number of nitrogens with zero attached hydrogens (tertiary/aromatic N) is 5. The van der Waals surface area contributed by atoms with Crippen LogP contribution in [0.4, 0.5) is 28.4 Å². The number of anilines is 3. The molecule has 316 valence electrons. The first-order valence-corrected chi connectivity index (χ1v) is 21.1. The second-order valence-electron chi connectivity index (χ2n) is 16.2. The van der Waals surface area contributed by atoms with Gasteiger partial charge >= 0.3 is 5.97 Å². The fraction of sp³-hybridized carbons (Fsp3) is 0.300. The first kappa shape index (κ1) is 40.5. The molecule has 5 aromatic rings. The summed E-state index contributed by atoms with van der Waals surface area (Å²) in [5.41, 5.74) is 10.3. The highest BCUT2D eigenvalue weighted by Crippen LogP contribution is 2.42. The van der Waals surface area contributed by atoms with Gasteiger partial charge in [0.15, 0.2) is 11.5 Å². The van der Waals surface area contributed by atoms with Crippen LogP contribution < -0.4 is 28.9 Å². The van der Waals surface area contributed by atoms with Gasteiger partial charge in [-0.05, 0) is 96.0 Å². The molecule has 0 radical (unpaired) electrons. The Kier molecular flexibility index (Phi) is 11.2. The van der Waals surface area contributed by atoms with E-state index in [0.717, 1.165) is 64.1 Å². The topological polar surface area (TPSA) is 123 Å². The molecule has 62 heavy (non-hydrogen) atoms. The molecule has 0 bridgehead atoms. The van der Waals surface area contributed by atoms with E-state index in [0.29, 0.717) is 72.0 Å². The molecule has 4 aliphatic rings. The van der Waals surface area contributed by atoms with Crippen molar-refractivity contribution in [2.24, 2.45) is 9.98 Å². The Bertz CT molecular complexity index is 2640. The molecule has 5 aromatic carbocycles. The van der Waals surface area contributed by atoms with Crippen molar-refractivity contribution in [2.45, 2.75) is 63.6 Å². The smallest absolute Gasteiger partial charge is 0.305 e. The summed E-state index contributed by atoms with van der Waals surface area (Å²) < 4.78 is 23.0. The summed E-state index contributed by atoms with van der Waals surface area (Å²) >= 11 is 0. The molecule has 0 fully saturated rings. The average molecular weight is 832 g/mol. The first-order valence-electron chi connectivity index (χ1n) is 21.1. The van der Waals surface area contributed by atoms with Crippen molar-refractivity contribution in [3.05, 3.63) is 130 Å². The third-order valence-corrected chi connectivity index (χ3v) is 12.3. The molecule has 0 saturated carbocycles. The Balaban J connectivity index is 0.939. The number of para-hydroxylation sites is 2. The summed E-state index contributed by atoms with van der Waals surface area (Å²) in [6.07, 6.45) is 8.43. The van der Waals surface area contributed by atoms with Gasteiger partial charge in [0, 0.05) is 68.4 Å². The summed E-state index contributed by atoms with van der Waals surface area (Å²) in [5.74, 6) is 1.16. The van der Waals surface area contributed by atoms with Gasteiger partial charge in [-0.25, -0.2) is 0 Å². The predicted molar refractivity (Wildman–Crippen MR) is 241 cm³/mol. The molecule has 0 spiro atoms. The number of hydrogen-bond acceptors (Lipinski definition) is 10. The number of esters is 1. The second kappa shape index (κ2) is 17.2. The van der Waals surface area contributed by atoms with Crippen LogP contribution in [-0.4, -0.2) is 77.2 Å². The van der Waals surface area contributed by atoms with E-state index in [1.165, 1.54) is 7.11 Å². The molecule has 0 aromatic heterocycles. The molecular formula is C50H49N5O7. The van der Waals surface area contributed by atoms with Crippen molar-refractivity contribution >= 4 is 58.6 Å². The SMILES string of the molecule is COC(=O)CCCN(C)c1cc(CCCc2cc3c(cc2OC)C(=O)N2c4ccccc4C[C@H]2C=N3)cc(COc2cc3c(cc2OC)C(=O)N2c4ccccc4C[C@H]2C=N3)c1. The molecule has 0 aliphatic carbocycles. The number of methoxy groups -OCH3 is 3. The van der Waals surface area contributed by atoms with Crippen molar-refractivity contribution in [3.8, 4) is 17.2 Å². The van der Waals surface area contributed by atoms with Crippen LogP contribution in [0.1, 0.15) is 67.8 Å². The maximum absolute atomic E-state index is 14.0. The number of carbonyl (C=O) groups excluding carboxylic acids is 3. The number of rotatable bonds is 14. The number of benzene rings is 5. The lowest BCUT2D eigenvalue weighted by molar-refractivity contribution is -0.140. The number of hydrogen-bond donors (Lipinski definition) is 0.